The molecule has 3 atom stereocenters. The molecule has 1 fully saturated rings. The number of hydrogen-bond donors (Lipinski definition) is 2. The highest BCUT2D eigenvalue weighted by molar-refractivity contribution is 6.11. The number of fused-ring (bicyclic) bond motifs is 6. The molecule has 3 nitrogen and oxygen atoms in total. The summed E-state index contributed by atoms with van der Waals surface area (Å²) in [5, 5.41) is 6.37. The Hall–Kier alpha value is -8.08. The van der Waals surface area contributed by atoms with E-state index < -0.39 is 5.54 Å². The zero-order valence-electron chi connectivity index (χ0n) is 39.0. The molecule has 1 aliphatic heterocycles. The average Bonchev–Trinajstić information content (AvgIpc) is 4.02. The Bertz CT molecular complexity index is 3650. The van der Waals surface area contributed by atoms with E-state index in [1.54, 1.807) is 6.08 Å². The van der Waals surface area contributed by atoms with Crippen molar-refractivity contribution in [3.63, 3.8) is 0 Å². The van der Waals surface area contributed by atoms with Gasteiger partial charge in [-0.3, -0.25) is 5.32 Å². The first-order valence-corrected chi connectivity index (χ1v) is 24.0. The fourth-order valence-corrected chi connectivity index (χ4v) is 11.5. The lowest BCUT2D eigenvalue weighted by Crippen LogP contribution is -2.25. The molecule has 1 saturated heterocycles. The van der Waals surface area contributed by atoms with E-state index in [0.29, 0.717) is 0 Å². The Morgan fingerprint density at radius 3 is 1.81 bits per heavy atom. The molecule has 0 bridgehead atoms. The van der Waals surface area contributed by atoms with Crippen LogP contribution in [-0.4, -0.2) is 10.6 Å². The number of hydrogen-bond acceptors (Lipinski definition) is 2. The van der Waals surface area contributed by atoms with Gasteiger partial charge < -0.3 is 10.3 Å². The van der Waals surface area contributed by atoms with Gasteiger partial charge in [0, 0.05) is 27.9 Å². The second-order valence-electron chi connectivity index (χ2n) is 19.2. The third kappa shape index (κ3) is 6.88. The summed E-state index contributed by atoms with van der Waals surface area (Å²) >= 11 is 0. The lowest BCUT2D eigenvalue weighted by Gasteiger charge is -2.22. The standard InChI is InChI=1S/C66H53N3/c1-5-16-43(6-2)45-25-33-50(34-26-45)66(51-35-27-46(28-36-51)44-17-8-7-9-18-44)64(68-66)63(67)47-29-37-52(38-30-47)69-61-24-15-13-22-57(61)58-41-48(32-40-62(58)69)53-19-10-11-20-54(53)49-31-39-56-55-21-12-14-23-59(55)65(3,4)60(56)42-49/h5-42,63-64,68H,1-2,67H2,3-4H3/b43-16+. The maximum Gasteiger partial charge on any atom is 0.0868 e. The molecule has 10 aromatic rings. The van der Waals surface area contributed by atoms with Crippen molar-refractivity contribution in [2.24, 2.45) is 5.73 Å². The number of nitrogens with one attached hydrogen (secondary N) is 1. The molecule has 332 valence electrons. The summed E-state index contributed by atoms with van der Waals surface area (Å²) in [6.45, 7) is 12.6. The monoisotopic (exact) mass is 887 g/mol. The predicted octanol–water partition coefficient (Wildman–Crippen LogP) is 15.8. The predicted molar refractivity (Wildman–Crippen MR) is 291 cm³/mol. The largest absolute Gasteiger partial charge is 0.323 e. The second-order valence-corrected chi connectivity index (χ2v) is 19.2. The van der Waals surface area contributed by atoms with Crippen LogP contribution >= 0.6 is 0 Å². The van der Waals surface area contributed by atoms with Crippen molar-refractivity contribution < 1.29 is 0 Å². The number of allylic oxidation sites excluding steroid dienone is 4. The third-order valence-corrected chi connectivity index (χ3v) is 15.1. The van der Waals surface area contributed by atoms with Gasteiger partial charge in [-0.25, -0.2) is 0 Å². The smallest absolute Gasteiger partial charge is 0.0868 e. The van der Waals surface area contributed by atoms with E-state index >= 15 is 0 Å². The molecule has 3 heteroatoms. The highest BCUT2D eigenvalue weighted by Crippen LogP contribution is 2.51. The Morgan fingerprint density at radius 2 is 1.10 bits per heavy atom. The summed E-state index contributed by atoms with van der Waals surface area (Å²) in [7, 11) is 0. The van der Waals surface area contributed by atoms with Gasteiger partial charge in [0.1, 0.15) is 0 Å². The molecule has 1 aliphatic carbocycles. The molecule has 12 rings (SSSR count). The van der Waals surface area contributed by atoms with Crippen molar-refractivity contribution in [1.29, 1.82) is 0 Å². The number of nitrogens with zero attached hydrogens (tertiary/aromatic N) is 1. The van der Waals surface area contributed by atoms with Gasteiger partial charge in [-0.1, -0.05) is 221 Å². The van der Waals surface area contributed by atoms with Gasteiger partial charge in [-0.05, 0) is 120 Å². The normalized spacial score (nSPS) is 17.3. The molecule has 3 N–H and O–H groups in total. The van der Waals surface area contributed by atoms with E-state index in [0.717, 1.165) is 22.4 Å². The molecule has 69 heavy (non-hydrogen) atoms. The van der Waals surface area contributed by atoms with E-state index in [2.05, 4.69) is 249 Å². The molecule has 0 amide bonds. The lowest BCUT2D eigenvalue weighted by molar-refractivity contribution is 0.649. The highest BCUT2D eigenvalue weighted by atomic mass is 15.2. The van der Waals surface area contributed by atoms with Crippen LogP contribution in [0.1, 0.15) is 53.3 Å². The van der Waals surface area contributed by atoms with Crippen LogP contribution < -0.4 is 11.1 Å². The molecule has 0 saturated carbocycles. The van der Waals surface area contributed by atoms with Crippen LogP contribution in [0.5, 0.6) is 0 Å². The molecule has 9 aromatic carbocycles. The van der Waals surface area contributed by atoms with Crippen LogP contribution in [0, 0.1) is 0 Å². The maximum absolute atomic E-state index is 7.34. The highest BCUT2D eigenvalue weighted by Gasteiger charge is 2.59. The fraction of sp³-hybridized carbons (Fsp3) is 0.0909. The number of benzene rings is 9. The summed E-state index contributed by atoms with van der Waals surface area (Å²) in [6.07, 6.45) is 5.67. The number of para-hydroxylation sites is 1. The van der Waals surface area contributed by atoms with Crippen molar-refractivity contribution >= 4 is 27.4 Å². The van der Waals surface area contributed by atoms with Crippen LogP contribution in [0.2, 0.25) is 0 Å². The molecular formula is C66H53N3. The van der Waals surface area contributed by atoms with Crippen LogP contribution in [-0.2, 0) is 11.0 Å². The first-order valence-electron chi connectivity index (χ1n) is 24.0. The van der Waals surface area contributed by atoms with Crippen molar-refractivity contribution in [2.45, 2.75) is 36.9 Å². The molecule has 2 aliphatic rings. The molecule has 0 spiro atoms. The average molecular weight is 888 g/mol. The zero-order chi connectivity index (χ0) is 46.9. The third-order valence-electron chi connectivity index (χ3n) is 15.1. The number of rotatable bonds is 11. The molecule has 2 heterocycles. The van der Waals surface area contributed by atoms with E-state index in [4.69, 9.17) is 5.73 Å². The summed E-state index contributed by atoms with van der Waals surface area (Å²) in [6, 6.07) is 77.4. The van der Waals surface area contributed by atoms with Crippen LogP contribution in [0.4, 0.5) is 0 Å². The molecular weight excluding hydrogens is 835 g/mol. The summed E-state index contributed by atoms with van der Waals surface area (Å²) in [4.78, 5) is 0. The Balaban J connectivity index is 0.877. The van der Waals surface area contributed by atoms with E-state index in [9.17, 15) is 0 Å². The Labute approximate surface area is 405 Å². The van der Waals surface area contributed by atoms with Crippen LogP contribution in [0.25, 0.3) is 77.6 Å². The van der Waals surface area contributed by atoms with E-state index in [1.807, 2.05) is 12.2 Å². The topological polar surface area (TPSA) is 52.9 Å². The number of aromatic nitrogens is 1. The zero-order valence-corrected chi connectivity index (χ0v) is 39.0. The fourth-order valence-electron chi connectivity index (χ4n) is 11.5. The minimum Gasteiger partial charge on any atom is -0.323 e. The van der Waals surface area contributed by atoms with Crippen LogP contribution in [0.3, 0.4) is 0 Å². The van der Waals surface area contributed by atoms with Gasteiger partial charge in [0.2, 0.25) is 0 Å². The van der Waals surface area contributed by atoms with E-state index in [-0.39, 0.29) is 17.5 Å². The van der Waals surface area contributed by atoms with Gasteiger partial charge in [0.15, 0.2) is 0 Å². The first kappa shape index (κ1) is 42.3. The van der Waals surface area contributed by atoms with Gasteiger partial charge in [0.05, 0.1) is 22.6 Å². The summed E-state index contributed by atoms with van der Waals surface area (Å²) in [5.74, 6) is 0. The van der Waals surface area contributed by atoms with Crippen molar-refractivity contribution in [2.75, 3.05) is 0 Å². The van der Waals surface area contributed by atoms with Gasteiger partial charge in [-0.15, -0.1) is 0 Å². The maximum atomic E-state index is 7.34. The second kappa shape index (κ2) is 16.6. The van der Waals surface area contributed by atoms with Gasteiger partial charge in [0.25, 0.3) is 0 Å². The van der Waals surface area contributed by atoms with Gasteiger partial charge in [-0.2, -0.15) is 0 Å². The van der Waals surface area contributed by atoms with E-state index in [1.165, 1.54) is 88.6 Å². The Kier molecular flexibility index (Phi) is 10.2. The minimum absolute atomic E-state index is 0.0338. The van der Waals surface area contributed by atoms with Crippen LogP contribution in [0.15, 0.2) is 244 Å². The van der Waals surface area contributed by atoms with Crippen molar-refractivity contribution in [1.82, 2.24) is 9.88 Å². The Morgan fingerprint density at radius 1 is 0.536 bits per heavy atom. The minimum atomic E-state index is -0.464. The quantitative estimate of drug-likeness (QED) is 0.100. The summed E-state index contributed by atoms with van der Waals surface area (Å²) in [5.41, 5.74) is 28.6. The molecule has 0 radical (unpaired) electrons. The van der Waals surface area contributed by atoms with Crippen molar-refractivity contribution in [3.05, 3.63) is 277 Å². The van der Waals surface area contributed by atoms with Crippen molar-refractivity contribution in [3.8, 4) is 50.2 Å². The lowest BCUT2D eigenvalue weighted by atomic mass is 9.81. The number of nitrogens with two attached hydrogens (primary N) is 1. The van der Waals surface area contributed by atoms with Gasteiger partial charge >= 0.3 is 0 Å². The summed E-state index contributed by atoms with van der Waals surface area (Å²) < 4.78 is 2.39. The SMILES string of the molecule is C=C/C=C(\C=C)c1ccc(C2(c3ccc(-c4ccccc4)cc3)NC2C(N)c2ccc(-n3c4ccccc4c4cc(-c5ccccc5-c5ccc6c(c5)C(C)(C)c5ccccc5-6)ccc43)cc2)cc1. The molecule has 3 unspecified atom stereocenters. The first-order chi connectivity index (χ1) is 33.8. The molecule has 1 aromatic heterocycles.